The number of hydrogen-bond acceptors (Lipinski definition) is 2. The van der Waals surface area contributed by atoms with Gasteiger partial charge < -0.3 is 9.64 Å². The minimum atomic E-state index is -0.179. The van der Waals surface area contributed by atoms with Gasteiger partial charge in [0.1, 0.15) is 6.61 Å². The van der Waals surface area contributed by atoms with E-state index < -0.39 is 0 Å². The maximum atomic E-state index is 11.8. The van der Waals surface area contributed by atoms with Gasteiger partial charge in [0, 0.05) is 17.5 Å². The first-order valence-corrected chi connectivity index (χ1v) is 7.33. The van der Waals surface area contributed by atoms with E-state index in [9.17, 15) is 4.79 Å². The number of alkyl halides is 1. The molecule has 0 spiro atoms. The third kappa shape index (κ3) is 3.59. The normalized spacial score (nSPS) is 19.4. The van der Waals surface area contributed by atoms with Crippen LogP contribution in [0.2, 0.25) is 0 Å². The van der Waals surface area contributed by atoms with E-state index in [1.54, 1.807) is 0 Å². The summed E-state index contributed by atoms with van der Waals surface area (Å²) in [7, 11) is 0. The van der Waals surface area contributed by atoms with Crippen LogP contribution in [0.3, 0.4) is 0 Å². The van der Waals surface area contributed by atoms with Crippen LogP contribution < -0.4 is 0 Å². The maximum Gasteiger partial charge on any atom is 0.410 e. The SMILES string of the molecule is O=C(OCc1ccccc1)N1CC[C@@H](CI)C1. The first-order chi connectivity index (χ1) is 8.29. The summed E-state index contributed by atoms with van der Waals surface area (Å²) in [5, 5.41) is 0. The molecule has 1 fully saturated rings. The largest absolute Gasteiger partial charge is 0.445 e. The minimum Gasteiger partial charge on any atom is -0.445 e. The predicted octanol–water partition coefficient (Wildman–Crippen LogP) is 3.08. The van der Waals surface area contributed by atoms with Crippen LogP contribution in [0.4, 0.5) is 4.79 Å². The Morgan fingerprint density at radius 3 is 2.82 bits per heavy atom. The van der Waals surface area contributed by atoms with Crippen molar-refractivity contribution in [3.8, 4) is 0 Å². The molecule has 3 nitrogen and oxygen atoms in total. The molecule has 92 valence electrons. The van der Waals surface area contributed by atoms with Gasteiger partial charge in [0.25, 0.3) is 0 Å². The molecule has 0 unspecified atom stereocenters. The van der Waals surface area contributed by atoms with E-state index in [0.717, 1.165) is 29.5 Å². The Kier molecular flexibility index (Phi) is 4.65. The third-order valence-corrected chi connectivity index (χ3v) is 4.21. The molecule has 0 bridgehead atoms. The van der Waals surface area contributed by atoms with Crippen LogP contribution in [0.1, 0.15) is 12.0 Å². The second-order valence-corrected chi connectivity index (χ2v) is 5.18. The van der Waals surface area contributed by atoms with Crippen molar-refractivity contribution in [3.63, 3.8) is 0 Å². The van der Waals surface area contributed by atoms with E-state index in [4.69, 9.17) is 4.74 Å². The molecule has 0 saturated carbocycles. The van der Waals surface area contributed by atoms with Crippen molar-refractivity contribution in [2.75, 3.05) is 17.5 Å². The highest BCUT2D eigenvalue weighted by Crippen LogP contribution is 2.19. The fourth-order valence-corrected chi connectivity index (χ4v) is 2.65. The Morgan fingerprint density at radius 1 is 1.41 bits per heavy atom. The van der Waals surface area contributed by atoms with Crippen molar-refractivity contribution in [2.24, 2.45) is 5.92 Å². The van der Waals surface area contributed by atoms with Gasteiger partial charge in [0.05, 0.1) is 0 Å². The predicted molar refractivity (Wildman–Crippen MR) is 75.2 cm³/mol. The number of likely N-dealkylation sites (tertiary alicyclic amines) is 1. The third-order valence-electron chi connectivity index (χ3n) is 2.97. The quantitative estimate of drug-likeness (QED) is 0.623. The van der Waals surface area contributed by atoms with Gasteiger partial charge in [-0.3, -0.25) is 0 Å². The zero-order valence-corrected chi connectivity index (χ0v) is 11.8. The Labute approximate surface area is 115 Å². The lowest BCUT2D eigenvalue weighted by Gasteiger charge is -2.15. The van der Waals surface area contributed by atoms with Crippen LogP contribution in [-0.4, -0.2) is 28.5 Å². The van der Waals surface area contributed by atoms with Crippen molar-refractivity contribution in [1.29, 1.82) is 0 Å². The number of amides is 1. The van der Waals surface area contributed by atoms with Crippen molar-refractivity contribution in [3.05, 3.63) is 35.9 Å². The average Bonchev–Trinajstić information content (AvgIpc) is 2.86. The zero-order valence-electron chi connectivity index (χ0n) is 9.64. The molecule has 2 rings (SSSR count). The fraction of sp³-hybridized carbons (Fsp3) is 0.462. The second-order valence-electron chi connectivity index (χ2n) is 4.30. The smallest absolute Gasteiger partial charge is 0.410 e. The number of benzene rings is 1. The molecule has 17 heavy (non-hydrogen) atoms. The molecule has 1 aliphatic rings. The first-order valence-electron chi connectivity index (χ1n) is 5.81. The van der Waals surface area contributed by atoms with Crippen LogP contribution in [0.25, 0.3) is 0 Å². The molecule has 1 heterocycles. The highest BCUT2D eigenvalue weighted by molar-refractivity contribution is 14.1. The molecule has 1 aromatic rings. The molecule has 0 aliphatic carbocycles. The summed E-state index contributed by atoms with van der Waals surface area (Å²) < 4.78 is 6.40. The van der Waals surface area contributed by atoms with Gasteiger partial charge in [-0.05, 0) is 17.9 Å². The van der Waals surface area contributed by atoms with Gasteiger partial charge in [-0.15, -0.1) is 0 Å². The highest BCUT2D eigenvalue weighted by Gasteiger charge is 2.26. The van der Waals surface area contributed by atoms with Crippen molar-refractivity contribution < 1.29 is 9.53 Å². The van der Waals surface area contributed by atoms with Gasteiger partial charge in [-0.1, -0.05) is 52.9 Å². The second kappa shape index (κ2) is 6.23. The summed E-state index contributed by atoms with van der Waals surface area (Å²) >= 11 is 2.37. The molecular weight excluding hydrogens is 329 g/mol. The molecule has 1 aliphatic heterocycles. The fourth-order valence-electron chi connectivity index (χ4n) is 1.94. The zero-order chi connectivity index (χ0) is 12.1. The first kappa shape index (κ1) is 12.7. The summed E-state index contributed by atoms with van der Waals surface area (Å²) in [5.74, 6) is 0.639. The summed E-state index contributed by atoms with van der Waals surface area (Å²) in [6.45, 7) is 2.04. The number of carbonyl (C=O) groups excluding carboxylic acids is 1. The van der Waals surface area contributed by atoms with Crippen LogP contribution in [0.5, 0.6) is 0 Å². The standard InChI is InChI=1S/C13H16INO2/c14-8-12-6-7-15(9-12)13(16)17-10-11-4-2-1-3-5-11/h1-5,12H,6-10H2/t12-/m0/s1. The maximum absolute atomic E-state index is 11.8. The number of hydrogen-bond donors (Lipinski definition) is 0. The number of carbonyl (C=O) groups is 1. The molecule has 4 heteroatoms. The lowest BCUT2D eigenvalue weighted by Crippen LogP contribution is -2.29. The molecule has 1 atom stereocenters. The number of nitrogens with zero attached hydrogens (tertiary/aromatic N) is 1. The van der Waals surface area contributed by atoms with Crippen LogP contribution in [0.15, 0.2) is 30.3 Å². The van der Waals surface area contributed by atoms with E-state index in [1.807, 2.05) is 35.2 Å². The Hall–Kier alpha value is -0.780. The van der Waals surface area contributed by atoms with E-state index in [-0.39, 0.29) is 6.09 Å². The van der Waals surface area contributed by atoms with Gasteiger partial charge in [-0.25, -0.2) is 4.79 Å². The molecule has 1 saturated heterocycles. The van der Waals surface area contributed by atoms with E-state index in [1.165, 1.54) is 0 Å². The molecule has 0 radical (unpaired) electrons. The average molecular weight is 345 g/mol. The molecule has 1 amide bonds. The molecular formula is C13H16INO2. The van der Waals surface area contributed by atoms with Gasteiger partial charge >= 0.3 is 6.09 Å². The van der Waals surface area contributed by atoms with Crippen LogP contribution in [0, 0.1) is 5.92 Å². The Balaban J connectivity index is 1.78. The van der Waals surface area contributed by atoms with Crippen LogP contribution in [-0.2, 0) is 11.3 Å². The Bertz CT molecular complexity index is 369. The number of rotatable bonds is 3. The molecule has 1 aromatic carbocycles. The molecule has 0 N–H and O–H groups in total. The summed E-state index contributed by atoms with van der Waals surface area (Å²) in [5.41, 5.74) is 1.03. The van der Waals surface area contributed by atoms with Crippen molar-refractivity contribution in [2.45, 2.75) is 13.0 Å². The van der Waals surface area contributed by atoms with Gasteiger partial charge in [0.15, 0.2) is 0 Å². The number of ether oxygens (including phenoxy) is 1. The summed E-state index contributed by atoms with van der Waals surface area (Å²) in [4.78, 5) is 13.6. The topological polar surface area (TPSA) is 29.5 Å². The van der Waals surface area contributed by atoms with Crippen molar-refractivity contribution in [1.82, 2.24) is 4.90 Å². The monoisotopic (exact) mass is 345 g/mol. The van der Waals surface area contributed by atoms with E-state index >= 15 is 0 Å². The van der Waals surface area contributed by atoms with E-state index in [0.29, 0.717) is 12.5 Å². The minimum absolute atomic E-state index is 0.179. The number of halogens is 1. The summed E-state index contributed by atoms with van der Waals surface area (Å²) in [6, 6.07) is 9.78. The van der Waals surface area contributed by atoms with Gasteiger partial charge in [0.2, 0.25) is 0 Å². The van der Waals surface area contributed by atoms with Crippen molar-refractivity contribution >= 4 is 28.7 Å². The lowest BCUT2D eigenvalue weighted by atomic mass is 10.2. The lowest BCUT2D eigenvalue weighted by molar-refractivity contribution is 0.103. The molecule has 0 aromatic heterocycles. The Morgan fingerprint density at radius 2 is 2.18 bits per heavy atom. The van der Waals surface area contributed by atoms with Gasteiger partial charge in [-0.2, -0.15) is 0 Å². The van der Waals surface area contributed by atoms with Crippen LogP contribution >= 0.6 is 22.6 Å². The van der Waals surface area contributed by atoms with E-state index in [2.05, 4.69) is 22.6 Å². The highest BCUT2D eigenvalue weighted by atomic mass is 127. The summed E-state index contributed by atoms with van der Waals surface area (Å²) in [6.07, 6.45) is 0.921.